The summed E-state index contributed by atoms with van der Waals surface area (Å²) >= 11 is 0. The molecule has 0 aromatic heterocycles. The Kier molecular flexibility index (Phi) is 9.33. The molecule has 32 heavy (non-hydrogen) atoms. The lowest BCUT2D eigenvalue weighted by Gasteiger charge is -2.33. The third kappa shape index (κ3) is 6.13. The average Bonchev–Trinajstić information content (AvgIpc) is 2.80. The fraction of sp³-hybridized carbons (Fsp3) is 0.435. The SMILES string of the molecule is CO[C@H](CN(C)C(=O)c1ccccc1F)[C@H](C)CN([C@@H](C)CO)S(=O)(=O)c1ccccc1. The number of hydrogen-bond acceptors (Lipinski definition) is 5. The van der Waals surface area contributed by atoms with Crippen molar-refractivity contribution in [2.45, 2.75) is 30.9 Å². The second kappa shape index (κ2) is 11.5. The molecule has 2 aromatic carbocycles. The van der Waals surface area contributed by atoms with Crippen LogP contribution in [-0.4, -0.2) is 74.6 Å². The van der Waals surface area contributed by atoms with Gasteiger partial charge in [0, 0.05) is 33.3 Å². The van der Waals surface area contributed by atoms with Crippen molar-refractivity contribution in [3.05, 3.63) is 66.0 Å². The standard InChI is InChI=1S/C23H31FN2O5S/c1-17(14-26(18(2)16-27)32(29,30)19-10-6-5-7-11-19)22(31-4)15-25(3)23(28)20-12-8-9-13-21(20)24/h5-13,17-18,22,27H,14-16H2,1-4H3/t17-,18+,22-/m1/s1. The Labute approximate surface area is 189 Å². The molecule has 0 aliphatic rings. The van der Waals surface area contributed by atoms with Crippen molar-refractivity contribution in [2.24, 2.45) is 5.92 Å². The van der Waals surface area contributed by atoms with Crippen molar-refractivity contribution < 1.29 is 27.4 Å². The molecule has 1 N–H and O–H groups in total. The molecule has 0 aliphatic carbocycles. The first-order chi connectivity index (χ1) is 15.1. The molecule has 0 fully saturated rings. The van der Waals surface area contributed by atoms with Crippen LogP contribution in [0.3, 0.4) is 0 Å². The lowest BCUT2D eigenvalue weighted by atomic mass is 10.0. The lowest BCUT2D eigenvalue weighted by molar-refractivity contribution is 0.0220. The summed E-state index contributed by atoms with van der Waals surface area (Å²) in [6, 6.07) is 13.1. The van der Waals surface area contributed by atoms with Crippen LogP contribution in [0.4, 0.5) is 4.39 Å². The molecular formula is C23H31FN2O5S. The van der Waals surface area contributed by atoms with E-state index in [9.17, 15) is 22.7 Å². The molecule has 3 atom stereocenters. The zero-order valence-corrected chi connectivity index (χ0v) is 19.6. The van der Waals surface area contributed by atoms with Crippen molar-refractivity contribution in [2.75, 3.05) is 33.9 Å². The summed E-state index contributed by atoms with van der Waals surface area (Å²) in [5.74, 6) is -1.43. The summed E-state index contributed by atoms with van der Waals surface area (Å²) < 4.78 is 47.2. The number of amides is 1. The van der Waals surface area contributed by atoms with Crippen LogP contribution < -0.4 is 0 Å². The van der Waals surface area contributed by atoms with E-state index in [1.165, 1.54) is 46.6 Å². The van der Waals surface area contributed by atoms with Crippen LogP contribution >= 0.6 is 0 Å². The van der Waals surface area contributed by atoms with Crippen molar-refractivity contribution in [1.82, 2.24) is 9.21 Å². The van der Waals surface area contributed by atoms with E-state index < -0.39 is 33.9 Å². The zero-order chi connectivity index (χ0) is 23.9. The number of aliphatic hydroxyl groups is 1. The van der Waals surface area contributed by atoms with Gasteiger partial charge in [-0.3, -0.25) is 4.79 Å². The average molecular weight is 467 g/mol. The van der Waals surface area contributed by atoms with E-state index in [1.54, 1.807) is 38.2 Å². The van der Waals surface area contributed by atoms with E-state index in [4.69, 9.17) is 4.74 Å². The van der Waals surface area contributed by atoms with Crippen molar-refractivity contribution in [3.63, 3.8) is 0 Å². The maximum atomic E-state index is 14.0. The smallest absolute Gasteiger partial charge is 0.256 e. The summed E-state index contributed by atoms with van der Waals surface area (Å²) in [6.07, 6.45) is -0.518. The van der Waals surface area contributed by atoms with Crippen LogP contribution in [0.15, 0.2) is 59.5 Å². The molecule has 7 nitrogen and oxygen atoms in total. The minimum atomic E-state index is -3.85. The van der Waals surface area contributed by atoms with Crippen molar-refractivity contribution >= 4 is 15.9 Å². The van der Waals surface area contributed by atoms with Gasteiger partial charge in [-0.15, -0.1) is 0 Å². The van der Waals surface area contributed by atoms with Gasteiger partial charge < -0.3 is 14.7 Å². The molecule has 0 saturated carbocycles. The Morgan fingerprint density at radius 3 is 2.22 bits per heavy atom. The predicted octanol–water partition coefficient (Wildman–Crippen LogP) is 2.62. The first-order valence-electron chi connectivity index (χ1n) is 10.3. The predicted molar refractivity (Wildman–Crippen MR) is 120 cm³/mol. The van der Waals surface area contributed by atoms with Gasteiger partial charge in [0.25, 0.3) is 5.91 Å². The molecule has 0 unspecified atom stereocenters. The Balaban J connectivity index is 2.19. The van der Waals surface area contributed by atoms with Crippen LogP contribution in [-0.2, 0) is 14.8 Å². The quantitative estimate of drug-likeness (QED) is 0.550. The van der Waals surface area contributed by atoms with Gasteiger partial charge in [0.2, 0.25) is 10.0 Å². The zero-order valence-electron chi connectivity index (χ0n) is 18.8. The highest BCUT2D eigenvalue weighted by Crippen LogP contribution is 2.22. The second-order valence-electron chi connectivity index (χ2n) is 7.84. The number of ether oxygens (including phenoxy) is 1. The number of methoxy groups -OCH3 is 1. The second-order valence-corrected chi connectivity index (χ2v) is 9.73. The van der Waals surface area contributed by atoms with Gasteiger partial charge in [0.1, 0.15) is 5.82 Å². The summed E-state index contributed by atoms with van der Waals surface area (Å²) in [4.78, 5) is 14.1. The molecule has 0 heterocycles. The normalized spacial score (nSPS) is 14.7. The van der Waals surface area contributed by atoms with E-state index in [2.05, 4.69) is 0 Å². The molecule has 0 saturated heterocycles. The number of sulfonamides is 1. The summed E-state index contributed by atoms with van der Waals surface area (Å²) in [7, 11) is -0.831. The fourth-order valence-corrected chi connectivity index (χ4v) is 5.16. The van der Waals surface area contributed by atoms with E-state index >= 15 is 0 Å². The van der Waals surface area contributed by atoms with Gasteiger partial charge in [0.15, 0.2) is 0 Å². The highest BCUT2D eigenvalue weighted by Gasteiger charge is 2.33. The molecule has 0 bridgehead atoms. The number of aliphatic hydroxyl groups excluding tert-OH is 1. The molecule has 0 spiro atoms. The van der Waals surface area contributed by atoms with E-state index in [0.29, 0.717) is 0 Å². The first-order valence-corrected chi connectivity index (χ1v) is 11.8. The summed E-state index contributed by atoms with van der Waals surface area (Å²) in [6.45, 7) is 3.30. The Bertz CT molecular complexity index is 987. The molecular weight excluding hydrogens is 435 g/mol. The molecule has 2 aromatic rings. The number of carbonyl (C=O) groups excluding carboxylic acids is 1. The van der Waals surface area contributed by atoms with Gasteiger partial charge in [-0.2, -0.15) is 4.31 Å². The van der Waals surface area contributed by atoms with Crippen LogP contribution in [0.1, 0.15) is 24.2 Å². The molecule has 0 radical (unpaired) electrons. The molecule has 1 amide bonds. The van der Waals surface area contributed by atoms with Crippen molar-refractivity contribution in [3.8, 4) is 0 Å². The molecule has 2 rings (SSSR count). The van der Waals surface area contributed by atoms with Crippen LogP contribution in [0, 0.1) is 11.7 Å². The third-order valence-corrected chi connectivity index (χ3v) is 7.41. The maximum absolute atomic E-state index is 14.0. The minimum Gasteiger partial charge on any atom is -0.395 e. The van der Waals surface area contributed by atoms with Crippen LogP contribution in [0.2, 0.25) is 0 Å². The highest BCUT2D eigenvalue weighted by atomic mass is 32.2. The highest BCUT2D eigenvalue weighted by molar-refractivity contribution is 7.89. The number of rotatable bonds is 11. The number of halogens is 1. The van der Waals surface area contributed by atoms with Gasteiger partial charge in [0.05, 0.1) is 23.2 Å². The van der Waals surface area contributed by atoms with Crippen LogP contribution in [0.5, 0.6) is 0 Å². The Morgan fingerprint density at radius 2 is 1.66 bits per heavy atom. The largest absolute Gasteiger partial charge is 0.395 e. The summed E-state index contributed by atoms with van der Waals surface area (Å²) in [5.41, 5.74) is -0.0420. The monoisotopic (exact) mass is 466 g/mol. The third-order valence-electron chi connectivity index (χ3n) is 5.42. The maximum Gasteiger partial charge on any atom is 0.256 e. The Hall–Kier alpha value is -2.33. The number of hydrogen-bond donors (Lipinski definition) is 1. The van der Waals surface area contributed by atoms with E-state index in [0.717, 1.165) is 0 Å². The fourth-order valence-electron chi connectivity index (χ4n) is 3.42. The summed E-state index contributed by atoms with van der Waals surface area (Å²) in [5, 5.41) is 9.67. The molecule has 9 heteroatoms. The Morgan fingerprint density at radius 1 is 1.06 bits per heavy atom. The number of benzene rings is 2. The van der Waals surface area contributed by atoms with Gasteiger partial charge in [-0.05, 0) is 37.1 Å². The van der Waals surface area contributed by atoms with E-state index in [1.807, 2.05) is 6.92 Å². The first kappa shape index (κ1) is 25.9. The number of likely N-dealkylation sites (N-methyl/N-ethyl adjacent to an activating group) is 1. The number of nitrogens with zero attached hydrogens (tertiary/aromatic N) is 2. The van der Waals surface area contributed by atoms with Gasteiger partial charge >= 0.3 is 0 Å². The van der Waals surface area contributed by atoms with Gasteiger partial charge in [-0.1, -0.05) is 37.3 Å². The minimum absolute atomic E-state index is 0.0420. The van der Waals surface area contributed by atoms with Crippen LogP contribution in [0.25, 0.3) is 0 Å². The lowest BCUT2D eigenvalue weighted by Crippen LogP contribution is -2.47. The van der Waals surface area contributed by atoms with Crippen molar-refractivity contribution in [1.29, 1.82) is 0 Å². The van der Waals surface area contributed by atoms with E-state index in [-0.39, 0.29) is 36.1 Å². The topological polar surface area (TPSA) is 87.2 Å². The molecule has 0 aliphatic heterocycles. The van der Waals surface area contributed by atoms with Gasteiger partial charge in [-0.25, -0.2) is 12.8 Å². The number of carbonyl (C=O) groups is 1. The molecule has 176 valence electrons.